The van der Waals surface area contributed by atoms with Crippen molar-refractivity contribution in [3.05, 3.63) is 30.0 Å². The smallest absolute Gasteiger partial charge is 0.129 e. The zero-order valence-corrected chi connectivity index (χ0v) is 12.6. The van der Waals surface area contributed by atoms with E-state index in [0.717, 1.165) is 5.82 Å². The number of rotatable bonds is 3. The van der Waals surface area contributed by atoms with Crippen molar-refractivity contribution in [3.8, 4) is 0 Å². The number of piperidine rings is 1. The second kappa shape index (κ2) is 6.20. The Balaban J connectivity index is 2.13. The van der Waals surface area contributed by atoms with Crippen molar-refractivity contribution in [2.45, 2.75) is 32.7 Å². The van der Waals surface area contributed by atoms with Crippen molar-refractivity contribution in [1.82, 2.24) is 9.88 Å². The van der Waals surface area contributed by atoms with Crippen molar-refractivity contribution >= 4 is 11.4 Å². The van der Waals surface area contributed by atoms with Gasteiger partial charge in [-0.1, -0.05) is 6.08 Å². The average Bonchev–Trinajstić information content (AvgIpc) is 2.46. The Morgan fingerprint density at radius 1 is 1.42 bits per heavy atom. The van der Waals surface area contributed by atoms with Crippen LogP contribution in [0.5, 0.6) is 0 Å². The van der Waals surface area contributed by atoms with Crippen LogP contribution in [0.25, 0.3) is 5.57 Å². The predicted octanol–water partition coefficient (Wildman–Crippen LogP) is 3.04. The molecule has 0 unspecified atom stereocenters. The Labute approximate surface area is 116 Å². The first kappa shape index (κ1) is 14.1. The lowest BCUT2D eigenvalue weighted by Crippen LogP contribution is -2.42. The van der Waals surface area contributed by atoms with Crippen LogP contribution in [0.3, 0.4) is 0 Å². The molecule has 0 atom stereocenters. The normalized spacial score (nSPS) is 18.6. The predicted molar refractivity (Wildman–Crippen MR) is 82.5 cm³/mol. The third-order valence-corrected chi connectivity index (χ3v) is 4.23. The minimum Gasteiger partial charge on any atom is -0.357 e. The monoisotopic (exact) mass is 259 g/mol. The van der Waals surface area contributed by atoms with Crippen molar-refractivity contribution in [2.24, 2.45) is 0 Å². The quantitative estimate of drug-likeness (QED) is 0.831. The molecule has 104 valence electrons. The molecule has 0 aliphatic carbocycles. The molecular weight excluding hydrogens is 234 g/mol. The number of likely N-dealkylation sites (tertiary alicyclic amines) is 1. The van der Waals surface area contributed by atoms with E-state index in [1.807, 2.05) is 6.20 Å². The van der Waals surface area contributed by atoms with Crippen molar-refractivity contribution in [3.63, 3.8) is 0 Å². The first-order valence-electron chi connectivity index (χ1n) is 7.12. The van der Waals surface area contributed by atoms with E-state index in [1.54, 1.807) is 0 Å². The van der Waals surface area contributed by atoms with Gasteiger partial charge < -0.3 is 9.80 Å². The van der Waals surface area contributed by atoms with Gasteiger partial charge in [0.1, 0.15) is 5.82 Å². The molecule has 2 heterocycles. The third kappa shape index (κ3) is 3.35. The summed E-state index contributed by atoms with van der Waals surface area (Å²) in [6, 6.07) is 4.90. The molecule has 3 heteroatoms. The van der Waals surface area contributed by atoms with Gasteiger partial charge in [-0.2, -0.15) is 0 Å². The Morgan fingerprint density at radius 2 is 2.11 bits per heavy atom. The van der Waals surface area contributed by atoms with Crippen LogP contribution in [0.15, 0.2) is 24.4 Å². The Bertz CT molecular complexity index is 445. The molecule has 0 bridgehead atoms. The van der Waals surface area contributed by atoms with Crippen LogP contribution in [-0.4, -0.2) is 43.1 Å². The van der Waals surface area contributed by atoms with Gasteiger partial charge in [0, 0.05) is 19.3 Å². The van der Waals surface area contributed by atoms with E-state index < -0.39 is 0 Å². The fraction of sp³-hybridized carbons (Fsp3) is 0.562. The molecule has 0 saturated carbocycles. The van der Waals surface area contributed by atoms with E-state index in [1.165, 1.54) is 37.1 Å². The average molecular weight is 259 g/mol. The van der Waals surface area contributed by atoms with Crippen molar-refractivity contribution < 1.29 is 0 Å². The number of hydrogen-bond acceptors (Lipinski definition) is 3. The minimum atomic E-state index is 0.616. The molecule has 1 aliphatic heterocycles. The standard InChI is InChI=1S/C16H25N3/c1-5-13(2)14-6-9-17-16(12-14)19(4)15-7-10-18(3)11-8-15/h5-6,9,12,15H,7-8,10-11H2,1-4H3/b13-5-. The second-order valence-corrected chi connectivity index (χ2v) is 5.52. The highest BCUT2D eigenvalue weighted by Gasteiger charge is 2.21. The summed E-state index contributed by atoms with van der Waals surface area (Å²) < 4.78 is 0. The molecule has 1 aromatic heterocycles. The van der Waals surface area contributed by atoms with Crippen LogP contribution in [0.2, 0.25) is 0 Å². The fourth-order valence-corrected chi connectivity index (χ4v) is 2.59. The van der Waals surface area contributed by atoms with Crippen molar-refractivity contribution in [1.29, 1.82) is 0 Å². The van der Waals surface area contributed by atoms with Gasteiger partial charge in [-0.25, -0.2) is 4.98 Å². The molecule has 0 aromatic carbocycles. The lowest BCUT2D eigenvalue weighted by atomic mass is 10.0. The minimum absolute atomic E-state index is 0.616. The van der Waals surface area contributed by atoms with Gasteiger partial charge in [-0.3, -0.25) is 0 Å². The topological polar surface area (TPSA) is 19.4 Å². The first-order chi connectivity index (χ1) is 9.11. The Hall–Kier alpha value is -1.35. The van der Waals surface area contributed by atoms with Gasteiger partial charge in [-0.15, -0.1) is 0 Å². The maximum atomic E-state index is 4.54. The summed E-state index contributed by atoms with van der Waals surface area (Å²) in [4.78, 5) is 9.28. The molecule has 19 heavy (non-hydrogen) atoms. The van der Waals surface area contributed by atoms with Gasteiger partial charge in [-0.05, 0) is 70.1 Å². The Morgan fingerprint density at radius 3 is 2.74 bits per heavy atom. The number of nitrogens with zero attached hydrogens (tertiary/aromatic N) is 3. The summed E-state index contributed by atoms with van der Waals surface area (Å²) in [7, 11) is 4.37. The SMILES string of the molecule is C/C=C(/C)c1ccnc(N(C)C2CCN(C)CC2)c1. The summed E-state index contributed by atoms with van der Waals surface area (Å²) >= 11 is 0. The molecule has 2 rings (SSSR count). The number of anilines is 1. The van der Waals surface area contributed by atoms with Gasteiger partial charge in [0.15, 0.2) is 0 Å². The van der Waals surface area contributed by atoms with Crippen LogP contribution in [-0.2, 0) is 0 Å². The van der Waals surface area contributed by atoms with E-state index in [-0.39, 0.29) is 0 Å². The molecule has 0 radical (unpaired) electrons. The Kier molecular flexibility index (Phi) is 4.59. The zero-order chi connectivity index (χ0) is 13.8. The maximum absolute atomic E-state index is 4.54. The molecule has 1 aliphatic rings. The summed E-state index contributed by atoms with van der Waals surface area (Å²) in [5, 5.41) is 0. The summed E-state index contributed by atoms with van der Waals surface area (Å²) in [5.74, 6) is 1.09. The molecule has 3 nitrogen and oxygen atoms in total. The van der Waals surface area contributed by atoms with E-state index in [2.05, 4.69) is 60.9 Å². The van der Waals surface area contributed by atoms with Crippen LogP contribution in [0.1, 0.15) is 32.3 Å². The highest BCUT2D eigenvalue weighted by molar-refractivity contribution is 5.65. The number of pyridine rings is 1. The highest BCUT2D eigenvalue weighted by Crippen LogP contribution is 2.23. The van der Waals surface area contributed by atoms with Gasteiger partial charge in [0.05, 0.1) is 0 Å². The third-order valence-electron chi connectivity index (χ3n) is 4.23. The second-order valence-electron chi connectivity index (χ2n) is 5.52. The molecule has 1 fully saturated rings. The molecule has 0 N–H and O–H groups in total. The van der Waals surface area contributed by atoms with E-state index in [9.17, 15) is 0 Å². The maximum Gasteiger partial charge on any atom is 0.129 e. The highest BCUT2D eigenvalue weighted by atomic mass is 15.2. The van der Waals surface area contributed by atoms with E-state index >= 15 is 0 Å². The van der Waals surface area contributed by atoms with E-state index in [0.29, 0.717) is 6.04 Å². The summed E-state index contributed by atoms with van der Waals surface area (Å²) in [6.45, 7) is 6.59. The molecular formula is C16H25N3. The fourth-order valence-electron chi connectivity index (χ4n) is 2.59. The lowest BCUT2D eigenvalue weighted by Gasteiger charge is -2.35. The van der Waals surface area contributed by atoms with Crippen LogP contribution >= 0.6 is 0 Å². The van der Waals surface area contributed by atoms with Crippen LogP contribution in [0, 0.1) is 0 Å². The number of hydrogen-bond donors (Lipinski definition) is 0. The van der Waals surface area contributed by atoms with E-state index in [4.69, 9.17) is 0 Å². The molecule has 0 spiro atoms. The number of aromatic nitrogens is 1. The summed E-state index contributed by atoms with van der Waals surface area (Å²) in [6.07, 6.45) is 6.51. The van der Waals surface area contributed by atoms with Crippen molar-refractivity contribution in [2.75, 3.05) is 32.1 Å². The van der Waals surface area contributed by atoms with Gasteiger partial charge in [0.25, 0.3) is 0 Å². The molecule has 1 aromatic rings. The van der Waals surface area contributed by atoms with Crippen LogP contribution < -0.4 is 4.90 Å². The first-order valence-corrected chi connectivity index (χ1v) is 7.12. The van der Waals surface area contributed by atoms with Gasteiger partial charge >= 0.3 is 0 Å². The molecule has 1 saturated heterocycles. The van der Waals surface area contributed by atoms with Crippen LogP contribution in [0.4, 0.5) is 5.82 Å². The molecule has 0 amide bonds. The van der Waals surface area contributed by atoms with Gasteiger partial charge in [0.2, 0.25) is 0 Å². The lowest BCUT2D eigenvalue weighted by molar-refractivity contribution is 0.252. The largest absolute Gasteiger partial charge is 0.357 e. The zero-order valence-electron chi connectivity index (χ0n) is 12.6. The number of allylic oxidation sites excluding steroid dienone is 2. The summed E-state index contributed by atoms with van der Waals surface area (Å²) in [5.41, 5.74) is 2.58.